The van der Waals surface area contributed by atoms with Gasteiger partial charge in [-0.3, -0.25) is 4.79 Å². The van der Waals surface area contributed by atoms with Crippen molar-refractivity contribution in [2.75, 3.05) is 18.1 Å². The number of nitrogens with zero attached hydrogens (tertiary/aromatic N) is 3. The fourth-order valence-electron chi connectivity index (χ4n) is 4.21. The van der Waals surface area contributed by atoms with Gasteiger partial charge in [-0.15, -0.1) is 0 Å². The first-order valence-electron chi connectivity index (χ1n) is 11.6. The number of rotatable bonds is 6. The van der Waals surface area contributed by atoms with Crippen molar-refractivity contribution in [2.45, 2.75) is 52.6 Å². The van der Waals surface area contributed by atoms with Crippen molar-refractivity contribution in [1.29, 1.82) is 0 Å². The highest BCUT2D eigenvalue weighted by Crippen LogP contribution is 2.31. The SMILES string of the molecule is Cc1ccc(N(Cc2ccc3c(c2)CN(S(=O)(=O)c2c(C)noc2C)CCO3)C(=O)C(C)C)cc1. The molecular weight excluding hydrogens is 466 g/mol. The van der Waals surface area contributed by atoms with E-state index in [-0.39, 0.29) is 42.2 Å². The van der Waals surface area contributed by atoms with Crippen molar-refractivity contribution in [3.63, 3.8) is 0 Å². The fraction of sp³-hybridized carbons (Fsp3) is 0.385. The third kappa shape index (κ3) is 5.11. The molecule has 4 rings (SSSR count). The molecule has 3 aromatic rings. The van der Waals surface area contributed by atoms with E-state index < -0.39 is 10.0 Å². The molecule has 35 heavy (non-hydrogen) atoms. The molecule has 1 aromatic heterocycles. The number of anilines is 1. The average molecular weight is 498 g/mol. The maximum Gasteiger partial charge on any atom is 0.248 e. The van der Waals surface area contributed by atoms with Crippen LogP contribution in [0.5, 0.6) is 5.75 Å². The molecule has 0 spiro atoms. The predicted molar refractivity (Wildman–Crippen MR) is 133 cm³/mol. The van der Waals surface area contributed by atoms with Gasteiger partial charge >= 0.3 is 0 Å². The van der Waals surface area contributed by atoms with Crippen LogP contribution in [0.3, 0.4) is 0 Å². The summed E-state index contributed by atoms with van der Waals surface area (Å²) in [6, 6.07) is 13.6. The van der Waals surface area contributed by atoms with E-state index in [1.165, 1.54) is 4.31 Å². The molecule has 0 atom stereocenters. The standard InChI is InChI=1S/C26H31N3O5S/c1-17(2)26(30)29(23-9-6-18(3)7-10-23)15-21-8-11-24-22(14-21)16-28(12-13-33-24)35(31,32)25-19(4)27-34-20(25)5/h6-11,14,17H,12-13,15-16H2,1-5H3. The molecular formula is C26H31N3O5S. The number of hydrogen-bond acceptors (Lipinski definition) is 6. The Bertz CT molecular complexity index is 1310. The Labute approximate surface area is 206 Å². The molecule has 1 amide bonds. The van der Waals surface area contributed by atoms with Crippen LogP contribution in [0.15, 0.2) is 51.9 Å². The highest BCUT2D eigenvalue weighted by Gasteiger charge is 2.33. The maximum absolute atomic E-state index is 13.4. The van der Waals surface area contributed by atoms with Crippen molar-refractivity contribution in [3.8, 4) is 5.75 Å². The lowest BCUT2D eigenvalue weighted by Gasteiger charge is -2.25. The Kier molecular flexibility index (Phi) is 7.00. The molecule has 1 aliphatic heterocycles. The van der Waals surface area contributed by atoms with Gasteiger partial charge in [-0.25, -0.2) is 8.42 Å². The summed E-state index contributed by atoms with van der Waals surface area (Å²) in [7, 11) is -3.82. The van der Waals surface area contributed by atoms with Crippen LogP contribution in [-0.2, 0) is 27.9 Å². The van der Waals surface area contributed by atoms with Gasteiger partial charge in [0.05, 0.1) is 6.54 Å². The van der Waals surface area contributed by atoms with Crippen molar-refractivity contribution >= 4 is 21.6 Å². The average Bonchev–Trinajstić information content (AvgIpc) is 3.02. The Morgan fingerprint density at radius 2 is 1.83 bits per heavy atom. The van der Waals surface area contributed by atoms with E-state index >= 15 is 0 Å². The number of benzene rings is 2. The Balaban J connectivity index is 1.65. The minimum atomic E-state index is -3.82. The number of hydrogen-bond donors (Lipinski definition) is 0. The van der Waals surface area contributed by atoms with Gasteiger partial charge in [-0.1, -0.05) is 42.8 Å². The minimum Gasteiger partial charge on any atom is -0.492 e. The molecule has 0 fully saturated rings. The van der Waals surface area contributed by atoms with Crippen molar-refractivity contribution in [3.05, 3.63) is 70.6 Å². The smallest absolute Gasteiger partial charge is 0.248 e. The van der Waals surface area contributed by atoms with Crippen molar-refractivity contribution < 1.29 is 22.5 Å². The number of sulfonamides is 1. The molecule has 186 valence electrons. The van der Waals surface area contributed by atoms with Crippen LogP contribution in [-0.4, -0.2) is 36.9 Å². The Morgan fingerprint density at radius 1 is 1.11 bits per heavy atom. The highest BCUT2D eigenvalue weighted by molar-refractivity contribution is 7.89. The summed E-state index contributed by atoms with van der Waals surface area (Å²) in [5, 5.41) is 3.81. The third-order valence-electron chi connectivity index (χ3n) is 6.08. The predicted octanol–water partition coefficient (Wildman–Crippen LogP) is 4.37. The lowest BCUT2D eigenvalue weighted by Crippen LogP contribution is -2.34. The number of fused-ring (bicyclic) bond motifs is 1. The van der Waals surface area contributed by atoms with E-state index in [0.29, 0.717) is 18.0 Å². The van der Waals surface area contributed by atoms with Gasteiger partial charge in [0.1, 0.15) is 22.9 Å². The molecule has 2 heterocycles. The lowest BCUT2D eigenvalue weighted by molar-refractivity contribution is -0.121. The molecule has 0 unspecified atom stereocenters. The van der Waals surface area contributed by atoms with E-state index in [1.807, 2.05) is 63.2 Å². The molecule has 2 aromatic carbocycles. The zero-order valence-corrected chi connectivity index (χ0v) is 21.6. The van der Waals surface area contributed by atoms with Crippen molar-refractivity contribution in [1.82, 2.24) is 9.46 Å². The largest absolute Gasteiger partial charge is 0.492 e. The Hall–Kier alpha value is -3.17. The second kappa shape index (κ2) is 9.83. The molecule has 0 aliphatic carbocycles. The minimum absolute atomic E-state index is 0.0164. The summed E-state index contributed by atoms with van der Waals surface area (Å²) in [5.41, 5.74) is 3.91. The summed E-state index contributed by atoms with van der Waals surface area (Å²) < 4.78 is 39.2. The van der Waals surface area contributed by atoms with Gasteiger partial charge in [0.2, 0.25) is 15.9 Å². The van der Waals surface area contributed by atoms with E-state index in [9.17, 15) is 13.2 Å². The highest BCUT2D eigenvalue weighted by atomic mass is 32.2. The van der Waals surface area contributed by atoms with Crippen LogP contribution in [0, 0.1) is 26.7 Å². The first-order valence-corrected chi connectivity index (χ1v) is 13.1. The van der Waals surface area contributed by atoms with Gasteiger partial charge in [0.25, 0.3) is 0 Å². The molecule has 0 N–H and O–H groups in total. The fourth-order valence-corrected chi connectivity index (χ4v) is 5.91. The van der Waals surface area contributed by atoms with E-state index in [0.717, 1.165) is 22.4 Å². The third-order valence-corrected chi connectivity index (χ3v) is 8.17. The van der Waals surface area contributed by atoms with Crippen LogP contribution in [0.25, 0.3) is 0 Å². The Morgan fingerprint density at radius 3 is 2.46 bits per heavy atom. The van der Waals surface area contributed by atoms with Crippen LogP contribution in [0.2, 0.25) is 0 Å². The van der Waals surface area contributed by atoms with E-state index in [1.54, 1.807) is 18.7 Å². The molecule has 0 saturated carbocycles. The van der Waals surface area contributed by atoms with Gasteiger partial charge in [-0.2, -0.15) is 4.31 Å². The first kappa shape index (κ1) is 24.9. The number of carbonyl (C=O) groups excluding carboxylic acids is 1. The molecule has 0 bridgehead atoms. The summed E-state index contributed by atoms with van der Waals surface area (Å²) in [6.45, 7) is 9.94. The number of aromatic nitrogens is 1. The summed E-state index contributed by atoms with van der Waals surface area (Å²) in [6.07, 6.45) is 0. The molecule has 8 nitrogen and oxygen atoms in total. The van der Waals surface area contributed by atoms with Crippen LogP contribution in [0.1, 0.15) is 42.0 Å². The number of aryl methyl sites for hydroxylation is 3. The normalized spacial score (nSPS) is 14.3. The molecule has 0 radical (unpaired) electrons. The summed E-state index contributed by atoms with van der Waals surface area (Å²) in [5.74, 6) is 0.753. The second-order valence-electron chi connectivity index (χ2n) is 9.20. The van der Waals surface area contributed by atoms with Gasteiger partial charge in [0, 0.05) is 30.3 Å². The van der Waals surface area contributed by atoms with Crippen molar-refractivity contribution in [2.24, 2.45) is 5.92 Å². The van der Waals surface area contributed by atoms with Gasteiger partial charge in [-0.05, 0) is 50.6 Å². The molecule has 1 aliphatic rings. The molecule has 0 saturated heterocycles. The summed E-state index contributed by atoms with van der Waals surface area (Å²) >= 11 is 0. The maximum atomic E-state index is 13.4. The lowest BCUT2D eigenvalue weighted by atomic mass is 10.1. The quantitative estimate of drug-likeness (QED) is 0.502. The summed E-state index contributed by atoms with van der Waals surface area (Å²) in [4.78, 5) is 14.9. The van der Waals surface area contributed by atoms with E-state index in [4.69, 9.17) is 9.26 Å². The van der Waals surface area contributed by atoms with Gasteiger partial charge < -0.3 is 14.2 Å². The van der Waals surface area contributed by atoms with E-state index in [2.05, 4.69) is 5.16 Å². The first-order chi connectivity index (χ1) is 16.6. The topological polar surface area (TPSA) is 93.0 Å². The number of amides is 1. The number of ether oxygens (including phenoxy) is 1. The molecule has 9 heteroatoms. The second-order valence-corrected chi connectivity index (χ2v) is 11.1. The monoisotopic (exact) mass is 497 g/mol. The van der Waals surface area contributed by atoms with Crippen LogP contribution in [0.4, 0.5) is 5.69 Å². The number of carbonyl (C=O) groups is 1. The van der Waals surface area contributed by atoms with Gasteiger partial charge in [0.15, 0.2) is 5.76 Å². The zero-order chi connectivity index (χ0) is 25.3. The van der Waals surface area contributed by atoms with Crippen LogP contribution < -0.4 is 9.64 Å². The zero-order valence-electron chi connectivity index (χ0n) is 20.7. The van der Waals surface area contributed by atoms with Crippen LogP contribution >= 0.6 is 0 Å².